The Labute approximate surface area is 157 Å². The first-order chi connectivity index (χ1) is 12.5. The molecule has 0 heterocycles. The van der Waals surface area contributed by atoms with E-state index in [1.165, 1.54) is 20.4 Å². The maximum Gasteiger partial charge on any atom is 0.267 e. The summed E-state index contributed by atoms with van der Waals surface area (Å²) in [5, 5.41) is 15.4. The van der Waals surface area contributed by atoms with Gasteiger partial charge in [0, 0.05) is 23.0 Å². The van der Waals surface area contributed by atoms with Gasteiger partial charge in [0.15, 0.2) is 0 Å². The Balaban J connectivity index is 2.18. The second kappa shape index (κ2) is 8.79. The van der Waals surface area contributed by atoms with Crippen molar-refractivity contribution in [1.82, 2.24) is 0 Å². The second-order valence-electron chi connectivity index (χ2n) is 5.30. The SMILES string of the molecule is COc1ccc(OC)c(NC(=O)/C(C#N)=C\Nc2ccc(C)c(Cl)c2)c1. The molecule has 0 aliphatic carbocycles. The summed E-state index contributed by atoms with van der Waals surface area (Å²) < 4.78 is 10.3. The monoisotopic (exact) mass is 371 g/mol. The molecule has 26 heavy (non-hydrogen) atoms. The minimum Gasteiger partial charge on any atom is -0.497 e. The van der Waals surface area contributed by atoms with E-state index in [0.29, 0.717) is 27.9 Å². The number of amides is 1. The second-order valence-corrected chi connectivity index (χ2v) is 5.71. The molecule has 0 spiro atoms. The Bertz CT molecular complexity index is 888. The van der Waals surface area contributed by atoms with E-state index in [1.54, 1.807) is 30.3 Å². The predicted octanol–water partition coefficient (Wildman–Crippen LogP) is 4.12. The van der Waals surface area contributed by atoms with Crippen LogP contribution >= 0.6 is 11.6 Å². The van der Waals surface area contributed by atoms with E-state index in [-0.39, 0.29) is 5.57 Å². The molecule has 0 radical (unpaired) electrons. The van der Waals surface area contributed by atoms with Gasteiger partial charge in [-0.3, -0.25) is 4.79 Å². The lowest BCUT2D eigenvalue weighted by Gasteiger charge is -2.11. The van der Waals surface area contributed by atoms with Crippen molar-refractivity contribution in [3.8, 4) is 17.6 Å². The fourth-order valence-corrected chi connectivity index (χ4v) is 2.27. The number of rotatable bonds is 6. The van der Waals surface area contributed by atoms with E-state index in [4.69, 9.17) is 21.1 Å². The topological polar surface area (TPSA) is 83.4 Å². The molecule has 1 amide bonds. The van der Waals surface area contributed by atoms with Crippen LogP contribution in [0.25, 0.3) is 0 Å². The first-order valence-electron chi connectivity index (χ1n) is 7.64. The van der Waals surface area contributed by atoms with E-state index >= 15 is 0 Å². The number of hydrogen-bond donors (Lipinski definition) is 2. The molecule has 134 valence electrons. The van der Waals surface area contributed by atoms with Gasteiger partial charge in [-0.25, -0.2) is 0 Å². The standard InChI is InChI=1S/C19H18ClN3O3/c1-12-4-5-14(8-16(12)20)22-11-13(10-21)19(24)23-17-9-15(25-2)6-7-18(17)26-3/h4-9,11,22H,1-3H3,(H,23,24)/b13-11-. The highest BCUT2D eigenvalue weighted by Crippen LogP contribution is 2.29. The summed E-state index contributed by atoms with van der Waals surface area (Å²) in [7, 11) is 3.01. The van der Waals surface area contributed by atoms with Crippen molar-refractivity contribution in [2.75, 3.05) is 24.9 Å². The van der Waals surface area contributed by atoms with Gasteiger partial charge in [-0.2, -0.15) is 5.26 Å². The van der Waals surface area contributed by atoms with Gasteiger partial charge in [0.1, 0.15) is 23.1 Å². The van der Waals surface area contributed by atoms with E-state index in [2.05, 4.69) is 10.6 Å². The lowest BCUT2D eigenvalue weighted by Crippen LogP contribution is -2.15. The van der Waals surface area contributed by atoms with E-state index < -0.39 is 5.91 Å². The minimum atomic E-state index is -0.579. The van der Waals surface area contributed by atoms with Crippen LogP contribution in [0.15, 0.2) is 48.2 Å². The summed E-state index contributed by atoms with van der Waals surface area (Å²) in [5.74, 6) is 0.426. The molecule has 0 aliphatic rings. The highest BCUT2D eigenvalue weighted by molar-refractivity contribution is 6.31. The van der Waals surface area contributed by atoms with Crippen LogP contribution < -0.4 is 20.1 Å². The third-order valence-corrected chi connectivity index (χ3v) is 3.98. The number of hydrogen-bond acceptors (Lipinski definition) is 5. The van der Waals surface area contributed by atoms with E-state index in [9.17, 15) is 10.1 Å². The van der Waals surface area contributed by atoms with Gasteiger partial charge < -0.3 is 20.1 Å². The summed E-state index contributed by atoms with van der Waals surface area (Å²) in [6.45, 7) is 1.89. The van der Waals surface area contributed by atoms with Gasteiger partial charge in [-0.05, 0) is 36.8 Å². The molecular formula is C19H18ClN3O3. The Morgan fingerprint density at radius 2 is 1.96 bits per heavy atom. The molecule has 7 heteroatoms. The molecule has 2 rings (SSSR count). The normalized spacial score (nSPS) is 10.7. The maximum absolute atomic E-state index is 12.4. The molecule has 0 saturated carbocycles. The summed E-state index contributed by atoms with van der Waals surface area (Å²) in [5.41, 5.74) is 1.90. The van der Waals surface area contributed by atoms with Crippen LogP contribution in [0.5, 0.6) is 11.5 Å². The number of methoxy groups -OCH3 is 2. The lowest BCUT2D eigenvalue weighted by atomic mass is 10.2. The van der Waals surface area contributed by atoms with Crippen molar-refractivity contribution in [2.24, 2.45) is 0 Å². The van der Waals surface area contributed by atoms with Gasteiger partial charge >= 0.3 is 0 Å². The Hall–Kier alpha value is -3.17. The summed E-state index contributed by atoms with van der Waals surface area (Å²) in [6, 6.07) is 12.2. The zero-order chi connectivity index (χ0) is 19.1. The number of nitriles is 1. The molecule has 0 aliphatic heterocycles. The van der Waals surface area contributed by atoms with Crippen LogP contribution in [0, 0.1) is 18.3 Å². The summed E-state index contributed by atoms with van der Waals surface area (Å²) >= 11 is 6.06. The fourth-order valence-electron chi connectivity index (χ4n) is 2.09. The average molecular weight is 372 g/mol. The average Bonchev–Trinajstić information content (AvgIpc) is 2.65. The summed E-state index contributed by atoms with van der Waals surface area (Å²) in [4.78, 5) is 12.4. The molecule has 0 aromatic heterocycles. The number of benzene rings is 2. The zero-order valence-electron chi connectivity index (χ0n) is 14.6. The Morgan fingerprint density at radius 1 is 1.19 bits per heavy atom. The molecule has 0 unspecified atom stereocenters. The van der Waals surface area contributed by atoms with Crippen molar-refractivity contribution in [1.29, 1.82) is 5.26 Å². The summed E-state index contributed by atoms with van der Waals surface area (Å²) in [6.07, 6.45) is 1.32. The smallest absolute Gasteiger partial charge is 0.267 e. The van der Waals surface area contributed by atoms with Gasteiger partial charge in [0.05, 0.1) is 19.9 Å². The van der Waals surface area contributed by atoms with Crippen LogP contribution in [0.2, 0.25) is 5.02 Å². The van der Waals surface area contributed by atoms with Crippen molar-refractivity contribution in [2.45, 2.75) is 6.92 Å². The van der Waals surface area contributed by atoms with Crippen LogP contribution in [0.3, 0.4) is 0 Å². The maximum atomic E-state index is 12.4. The van der Waals surface area contributed by atoms with Crippen molar-refractivity contribution in [3.05, 3.63) is 58.8 Å². The quantitative estimate of drug-likeness (QED) is 0.589. The van der Waals surface area contributed by atoms with E-state index in [1.807, 2.05) is 19.1 Å². The number of carbonyl (C=O) groups is 1. The molecule has 6 nitrogen and oxygen atoms in total. The molecular weight excluding hydrogens is 354 g/mol. The van der Waals surface area contributed by atoms with Gasteiger partial charge in [0.25, 0.3) is 5.91 Å². The zero-order valence-corrected chi connectivity index (χ0v) is 15.3. The first-order valence-corrected chi connectivity index (χ1v) is 8.02. The number of nitrogens with zero attached hydrogens (tertiary/aromatic N) is 1. The van der Waals surface area contributed by atoms with Crippen LogP contribution in [0.4, 0.5) is 11.4 Å². The van der Waals surface area contributed by atoms with Crippen LogP contribution in [0.1, 0.15) is 5.56 Å². The predicted molar refractivity (Wildman–Crippen MR) is 102 cm³/mol. The first kappa shape index (κ1) is 19.2. The molecule has 0 bridgehead atoms. The number of carbonyl (C=O) groups excluding carboxylic acids is 1. The van der Waals surface area contributed by atoms with Crippen molar-refractivity contribution < 1.29 is 14.3 Å². The number of aryl methyl sites for hydroxylation is 1. The van der Waals surface area contributed by atoms with Crippen LogP contribution in [-0.2, 0) is 4.79 Å². The third-order valence-electron chi connectivity index (χ3n) is 3.57. The Morgan fingerprint density at radius 3 is 2.58 bits per heavy atom. The minimum absolute atomic E-state index is 0.105. The van der Waals surface area contributed by atoms with Crippen LogP contribution in [-0.4, -0.2) is 20.1 Å². The lowest BCUT2D eigenvalue weighted by molar-refractivity contribution is -0.112. The van der Waals surface area contributed by atoms with Crippen molar-refractivity contribution in [3.63, 3.8) is 0 Å². The van der Waals surface area contributed by atoms with E-state index in [0.717, 1.165) is 5.56 Å². The highest BCUT2D eigenvalue weighted by atomic mass is 35.5. The highest BCUT2D eigenvalue weighted by Gasteiger charge is 2.13. The number of halogens is 1. The fraction of sp³-hybridized carbons (Fsp3) is 0.158. The molecule has 2 N–H and O–H groups in total. The molecule has 0 atom stereocenters. The van der Waals surface area contributed by atoms with Gasteiger partial charge in [-0.1, -0.05) is 17.7 Å². The van der Waals surface area contributed by atoms with Crippen molar-refractivity contribution >= 4 is 28.9 Å². The Kier molecular flexibility index (Phi) is 6.48. The van der Waals surface area contributed by atoms with Gasteiger partial charge in [-0.15, -0.1) is 0 Å². The number of anilines is 2. The molecule has 0 fully saturated rings. The van der Waals surface area contributed by atoms with Gasteiger partial charge in [0.2, 0.25) is 0 Å². The third kappa shape index (κ3) is 4.68. The molecule has 2 aromatic rings. The number of ether oxygens (including phenoxy) is 2. The molecule has 2 aromatic carbocycles. The largest absolute Gasteiger partial charge is 0.497 e. The number of nitrogens with one attached hydrogen (secondary N) is 2. The molecule has 0 saturated heterocycles.